The van der Waals surface area contributed by atoms with Crippen molar-refractivity contribution in [2.24, 2.45) is 5.41 Å². The zero-order valence-electron chi connectivity index (χ0n) is 12.7. The predicted molar refractivity (Wildman–Crippen MR) is 78.9 cm³/mol. The lowest BCUT2D eigenvalue weighted by molar-refractivity contribution is 0.0413. The molecule has 0 aromatic carbocycles. The van der Waals surface area contributed by atoms with Gasteiger partial charge in [0.25, 0.3) is 0 Å². The molecule has 1 saturated carbocycles. The fourth-order valence-electron chi connectivity index (χ4n) is 3.94. The summed E-state index contributed by atoms with van der Waals surface area (Å²) in [5.74, 6) is 0. The lowest BCUT2D eigenvalue weighted by Gasteiger charge is -2.46. The Labute approximate surface area is 114 Å². The third kappa shape index (κ3) is 3.48. The van der Waals surface area contributed by atoms with Crippen LogP contribution in [0.3, 0.4) is 0 Å². The summed E-state index contributed by atoms with van der Waals surface area (Å²) in [6.07, 6.45) is 9.67. The van der Waals surface area contributed by atoms with E-state index in [1.54, 1.807) is 0 Å². The Morgan fingerprint density at radius 1 is 1.11 bits per heavy atom. The largest absolute Gasteiger partial charge is 0.314 e. The molecule has 0 aromatic rings. The Hall–Kier alpha value is -0.0800. The fraction of sp³-hybridized carbons (Fsp3) is 1.00. The van der Waals surface area contributed by atoms with Crippen LogP contribution in [0.25, 0.3) is 0 Å². The predicted octanol–water partition coefficient (Wildman–Crippen LogP) is 3.42. The Bertz CT molecular complexity index is 249. The van der Waals surface area contributed by atoms with Crippen molar-refractivity contribution in [3.8, 4) is 0 Å². The van der Waals surface area contributed by atoms with Gasteiger partial charge in [-0.2, -0.15) is 0 Å². The van der Waals surface area contributed by atoms with E-state index >= 15 is 0 Å². The van der Waals surface area contributed by atoms with E-state index in [-0.39, 0.29) is 0 Å². The molecule has 106 valence electrons. The van der Waals surface area contributed by atoms with Crippen LogP contribution in [0.15, 0.2) is 0 Å². The summed E-state index contributed by atoms with van der Waals surface area (Å²) < 4.78 is 0. The van der Waals surface area contributed by atoms with Gasteiger partial charge in [0.05, 0.1) is 0 Å². The Morgan fingerprint density at radius 3 is 2.67 bits per heavy atom. The minimum absolute atomic E-state index is 0.534. The van der Waals surface area contributed by atoms with Gasteiger partial charge in [-0.1, -0.05) is 33.6 Å². The van der Waals surface area contributed by atoms with Crippen molar-refractivity contribution in [1.82, 2.24) is 10.2 Å². The van der Waals surface area contributed by atoms with E-state index in [1.807, 2.05) is 0 Å². The second-order valence-corrected chi connectivity index (χ2v) is 6.99. The molecule has 2 unspecified atom stereocenters. The van der Waals surface area contributed by atoms with Crippen molar-refractivity contribution in [2.75, 3.05) is 19.6 Å². The van der Waals surface area contributed by atoms with E-state index < -0.39 is 0 Å². The average Bonchev–Trinajstić information content (AvgIpc) is 2.30. The van der Waals surface area contributed by atoms with Gasteiger partial charge in [0, 0.05) is 12.1 Å². The number of nitrogens with one attached hydrogen (secondary N) is 1. The van der Waals surface area contributed by atoms with Crippen molar-refractivity contribution in [2.45, 2.75) is 77.8 Å². The van der Waals surface area contributed by atoms with Gasteiger partial charge in [-0.15, -0.1) is 0 Å². The van der Waals surface area contributed by atoms with Crippen molar-refractivity contribution in [3.05, 3.63) is 0 Å². The highest BCUT2D eigenvalue weighted by Crippen LogP contribution is 2.38. The summed E-state index contributed by atoms with van der Waals surface area (Å²) in [7, 11) is 0. The third-order valence-corrected chi connectivity index (χ3v) is 5.20. The monoisotopic (exact) mass is 252 g/mol. The van der Waals surface area contributed by atoms with Crippen molar-refractivity contribution >= 4 is 0 Å². The highest BCUT2D eigenvalue weighted by molar-refractivity contribution is 4.90. The number of hydrogen-bond acceptors (Lipinski definition) is 2. The van der Waals surface area contributed by atoms with Crippen LogP contribution in [0.1, 0.15) is 65.7 Å². The molecule has 0 bridgehead atoms. The molecule has 0 spiro atoms. The van der Waals surface area contributed by atoms with Gasteiger partial charge in [0.1, 0.15) is 0 Å². The summed E-state index contributed by atoms with van der Waals surface area (Å²) in [5, 5.41) is 3.69. The molecule has 1 saturated heterocycles. The molecule has 1 aliphatic carbocycles. The Balaban J connectivity index is 1.97. The molecule has 2 heteroatoms. The smallest absolute Gasteiger partial charge is 0.0146 e. The molecule has 0 radical (unpaired) electrons. The summed E-state index contributed by atoms with van der Waals surface area (Å²) >= 11 is 0. The first-order chi connectivity index (χ1) is 8.63. The highest BCUT2D eigenvalue weighted by Gasteiger charge is 2.36. The minimum Gasteiger partial charge on any atom is -0.314 e. The average molecular weight is 252 g/mol. The van der Waals surface area contributed by atoms with Crippen LogP contribution in [0, 0.1) is 5.41 Å². The van der Waals surface area contributed by atoms with E-state index in [2.05, 4.69) is 31.0 Å². The van der Waals surface area contributed by atoms with Gasteiger partial charge in [0.2, 0.25) is 0 Å². The maximum absolute atomic E-state index is 3.69. The van der Waals surface area contributed by atoms with E-state index in [1.165, 1.54) is 64.6 Å². The normalized spacial score (nSPS) is 34.8. The van der Waals surface area contributed by atoms with Gasteiger partial charge >= 0.3 is 0 Å². The van der Waals surface area contributed by atoms with Crippen LogP contribution in [-0.2, 0) is 0 Å². The lowest BCUT2D eigenvalue weighted by Crippen LogP contribution is -2.50. The molecule has 1 aliphatic heterocycles. The molecular weight excluding hydrogens is 220 g/mol. The molecule has 0 amide bonds. The van der Waals surface area contributed by atoms with Crippen molar-refractivity contribution in [1.29, 1.82) is 0 Å². The first-order valence-corrected chi connectivity index (χ1v) is 8.11. The van der Waals surface area contributed by atoms with Crippen LogP contribution >= 0.6 is 0 Å². The Morgan fingerprint density at radius 2 is 1.94 bits per heavy atom. The van der Waals surface area contributed by atoms with Crippen LogP contribution < -0.4 is 5.32 Å². The van der Waals surface area contributed by atoms with E-state index in [9.17, 15) is 0 Å². The third-order valence-electron chi connectivity index (χ3n) is 5.20. The maximum Gasteiger partial charge on any atom is 0.0146 e. The first kappa shape index (κ1) is 14.3. The molecule has 2 rings (SSSR count). The van der Waals surface area contributed by atoms with Crippen molar-refractivity contribution < 1.29 is 0 Å². The quantitative estimate of drug-likeness (QED) is 0.810. The maximum atomic E-state index is 3.69. The standard InChI is InChI=1S/C16H32N2/c1-4-14-9-13-18(12-7-11-17-14)15-8-5-6-10-16(15,2)3/h14-15,17H,4-13H2,1-3H3. The molecule has 1 heterocycles. The summed E-state index contributed by atoms with van der Waals surface area (Å²) in [4.78, 5) is 2.82. The molecule has 0 aromatic heterocycles. The van der Waals surface area contributed by atoms with Crippen LogP contribution in [0.2, 0.25) is 0 Å². The van der Waals surface area contributed by atoms with E-state index in [4.69, 9.17) is 0 Å². The molecule has 2 atom stereocenters. The molecule has 1 N–H and O–H groups in total. The zero-order chi connectivity index (χ0) is 13.0. The number of nitrogens with zero attached hydrogens (tertiary/aromatic N) is 1. The molecule has 2 nitrogen and oxygen atoms in total. The Kier molecular flexibility index (Phi) is 5.08. The van der Waals surface area contributed by atoms with Crippen LogP contribution in [0.4, 0.5) is 0 Å². The topological polar surface area (TPSA) is 15.3 Å². The molecular formula is C16H32N2. The van der Waals surface area contributed by atoms with Crippen LogP contribution in [0.5, 0.6) is 0 Å². The first-order valence-electron chi connectivity index (χ1n) is 8.11. The van der Waals surface area contributed by atoms with Crippen LogP contribution in [-0.4, -0.2) is 36.6 Å². The SMILES string of the molecule is CCC1CCN(C2CCCCC2(C)C)CCCN1. The highest BCUT2D eigenvalue weighted by atomic mass is 15.2. The summed E-state index contributed by atoms with van der Waals surface area (Å²) in [6.45, 7) is 11.1. The number of hydrogen-bond donors (Lipinski definition) is 1. The van der Waals surface area contributed by atoms with Gasteiger partial charge in [-0.3, -0.25) is 4.90 Å². The van der Waals surface area contributed by atoms with Gasteiger partial charge in [0.15, 0.2) is 0 Å². The molecule has 2 aliphatic rings. The van der Waals surface area contributed by atoms with Crippen molar-refractivity contribution in [3.63, 3.8) is 0 Å². The molecule has 18 heavy (non-hydrogen) atoms. The minimum atomic E-state index is 0.534. The van der Waals surface area contributed by atoms with Gasteiger partial charge < -0.3 is 5.32 Å². The van der Waals surface area contributed by atoms with E-state index in [0.29, 0.717) is 5.41 Å². The second kappa shape index (κ2) is 6.38. The second-order valence-electron chi connectivity index (χ2n) is 6.99. The summed E-state index contributed by atoms with van der Waals surface area (Å²) in [6, 6.07) is 1.58. The molecule has 2 fully saturated rings. The number of rotatable bonds is 2. The van der Waals surface area contributed by atoms with E-state index in [0.717, 1.165) is 12.1 Å². The zero-order valence-corrected chi connectivity index (χ0v) is 12.7. The summed E-state index contributed by atoms with van der Waals surface area (Å²) in [5.41, 5.74) is 0.534. The van der Waals surface area contributed by atoms with Gasteiger partial charge in [-0.05, 0) is 57.2 Å². The van der Waals surface area contributed by atoms with Gasteiger partial charge in [-0.25, -0.2) is 0 Å². The lowest BCUT2D eigenvalue weighted by atomic mass is 9.72. The fourth-order valence-corrected chi connectivity index (χ4v) is 3.94.